The molecule has 0 aliphatic heterocycles. The molecule has 0 fully saturated rings. The van der Waals surface area contributed by atoms with E-state index in [1.54, 1.807) is 30.3 Å². The molecular weight excluding hydrogens is 581 g/mol. The van der Waals surface area contributed by atoms with Gasteiger partial charge in [0.25, 0.3) is 0 Å². The number of hydrogen-bond donors (Lipinski definition) is 1. The molecule has 0 bridgehead atoms. The third-order valence-electron chi connectivity index (χ3n) is 6.70. The number of anilines is 1. The second-order valence-electron chi connectivity index (χ2n) is 10.3. The van der Waals surface area contributed by atoms with Crippen LogP contribution in [-0.2, 0) is 32.6 Å². The molecule has 0 saturated carbocycles. The lowest BCUT2D eigenvalue weighted by Crippen LogP contribution is -2.53. The zero-order chi connectivity index (χ0) is 30.2. The summed E-state index contributed by atoms with van der Waals surface area (Å²) in [5, 5.41) is 3.69. The highest BCUT2D eigenvalue weighted by Gasteiger charge is 2.33. The van der Waals surface area contributed by atoms with Gasteiger partial charge in [-0.25, -0.2) is 8.42 Å². The monoisotopic (exact) mass is 617 g/mol. The molecule has 0 aliphatic carbocycles. The van der Waals surface area contributed by atoms with Crippen molar-refractivity contribution >= 4 is 50.7 Å². The molecule has 0 unspecified atom stereocenters. The predicted molar refractivity (Wildman–Crippen MR) is 167 cm³/mol. The Morgan fingerprint density at radius 1 is 0.951 bits per heavy atom. The molecule has 0 spiro atoms. The Hall–Kier alpha value is -3.07. The van der Waals surface area contributed by atoms with Gasteiger partial charge >= 0.3 is 0 Å². The molecule has 3 rings (SSSR count). The van der Waals surface area contributed by atoms with Gasteiger partial charge in [0, 0.05) is 29.6 Å². The fourth-order valence-electron chi connectivity index (χ4n) is 4.39. The number of hydrogen-bond acceptors (Lipinski definition) is 4. The molecule has 0 saturated heterocycles. The highest BCUT2D eigenvalue weighted by molar-refractivity contribution is 7.92. The topological polar surface area (TPSA) is 86.8 Å². The van der Waals surface area contributed by atoms with E-state index in [9.17, 15) is 18.0 Å². The first-order chi connectivity index (χ1) is 19.4. The first kappa shape index (κ1) is 32.4. The maximum absolute atomic E-state index is 14.1. The summed E-state index contributed by atoms with van der Waals surface area (Å²) in [6, 6.07) is 20.5. The molecule has 0 radical (unpaired) electrons. The third-order valence-corrected chi connectivity index (χ3v) is 8.43. The number of amides is 2. The molecule has 0 aliphatic rings. The summed E-state index contributed by atoms with van der Waals surface area (Å²) in [6.07, 6.45) is 2.01. The van der Waals surface area contributed by atoms with Crippen molar-refractivity contribution in [2.45, 2.75) is 52.1 Å². The quantitative estimate of drug-likeness (QED) is 0.253. The van der Waals surface area contributed by atoms with Crippen molar-refractivity contribution in [3.05, 3.63) is 99.5 Å². The minimum Gasteiger partial charge on any atom is -0.354 e. The van der Waals surface area contributed by atoms with Crippen LogP contribution in [0.4, 0.5) is 5.69 Å². The smallest absolute Gasteiger partial charge is 0.244 e. The Kier molecular flexibility index (Phi) is 11.6. The largest absolute Gasteiger partial charge is 0.354 e. The predicted octanol–water partition coefficient (Wildman–Crippen LogP) is 6.05. The number of halogens is 2. The summed E-state index contributed by atoms with van der Waals surface area (Å²) in [5.41, 5.74) is 2.85. The van der Waals surface area contributed by atoms with Crippen LogP contribution in [0.3, 0.4) is 0 Å². The molecule has 0 heterocycles. The zero-order valence-corrected chi connectivity index (χ0v) is 26.1. The number of carbonyl (C=O) groups excluding carboxylic acids is 2. The van der Waals surface area contributed by atoms with Crippen molar-refractivity contribution in [2.75, 3.05) is 23.7 Å². The SMILES string of the molecule is CCCNC(=O)[C@H](Cc1ccccc1)N(Cc1ccc(Cl)cc1Cl)C(=O)CN(c1ccc(C(C)C)cc1)S(C)(=O)=O. The lowest BCUT2D eigenvalue weighted by atomic mass is 10.0. The zero-order valence-electron chi connectivity index (χ0n) is 23.8. The van der Waals surface area contributed by atoms with Gasteiger partial charge in [0.2, 0.25) is 21.8 Å². The molecule has 0 aromatic heterocycles. The highest BCUT2D eigenvalue weighted by Crippen LogP contribution is 2.26. The van der Waals surface area contributed by atoms with E-state index in [2.05, 4.69) is 5.32 Å². The van der Waals surface area contributed by atoms with E-state index in [4.69, 9.17) is 23.2 Å². The van der Waals surface area contributed by atoms with Gasteiger partial charge < -0.3 is 10.2 Å². The average molecular weight is 619 g/mol. The molecule has 3 aromatic carbocycles. The maximum atomic E-state index is 14.1. The molecular formula is C31H37Cl2N3O4S. The fourth-order valence-corrected chi connectivity index (χ4v) is 5.71. The van der Waals surface area contributed by atoms with Gasteiger partial charge in [-0.1, -0.05) is 92.5 Å². The maximum Gasteiger partial charge on any atom is 0.244 e. The van der Waals surface area contributed by atoms with E-state index < -0.39 is 28.5 Å². The fraction of sp³-hybridized carbons (Fsp3) is 0.355. The number of nitrogens with zero attached hydrogens (tertiary/aromatic N) is 2. The molecule has 3 aromatic rings. The first-order valence-electron chi connectivity index (χ1n) is 13.5. The number of sulfonamides is 1. The molecule has 220 valence electrons. The van der Waals surface area contributed by atoms with Crippen LogP contribution < -0.4 is 9.62 Å². The minimum absolute atomic E-state index is 0.0181. The van der Waals surface area contributed by atoms with Crippen LogP contribution in [-0.4, -0.2) is 50.5 Å². The number of benzene rings is 3. The summed E-state index contributed by atoms with van der Waals surface area (Å²) in [4.78, 5) is 29.1. The lowest BCUT2D eigenvalue weighted by Gasteiger charge is -2.33. The van der Waals surface area contributed by atoms with Gasteiger partial charge in [0.1, 0.15) is 12.6 Å². The Morgan fingerprint density at radius 3 is 2.17 bits per heavy atom. The van der Waals surface area contributed by atoms with Crippen LogP contribution in [0.2, 0.25) is 10.0 Å². The van der Waals surface area contributed by atoms with Gasteiger partial charge in [-0.05, 0) is 53.3 Å². The summed E-state index contributed by atoms with van der Waals surface area (Å²) in [5.74, 6) is -0.611. The summed E-state index contributed by atoms with van der Waals surface area (Å²) < 4.78 is 26.9. The van der Waals surface area contributed by atoms with Crippen LogP contribution in [0.1, 0.15) is 49.8 Å². The van der Waals surface area contributed by atoms with E-state index in [1.165, 1.54) is 4.90 Å². The summed E-state index contributed by atoms with van der Waals surface area (Å²) in [6.45, 7) is 5.96. The molecule has 1 N–H and O–H groups in total. The van der Waals surface area contributed by atoms with Crippen molar-refractivity contribution in [1.82, 2.24) is 10.2 Å². The minimum atomic E-state index is -3.84. The highest BCUT2D eigenvalue weighted by atomic mass is 35.5. The number of carbonyl (C=O) groups is 2. The van der Waals surface area contributed by atoms with E-state index in [1.807, 2.05) is 63.2 Å². The van der Waals surface area contributed by atoms with Crippen LogP contribution in [0.25, 0.3) is 0 Å². The Morgan fingerprint density at radius 2 is 1.61 bits per heavy atom. The summed E-state index contributed by atoms with van der Waals surface area (Å²) in [7, 11) is -3.84. The van der Waals surface area contributed by atoms with Crippen molar-refractivity contribution < 1.29 is 18.0 Å². The Bertz CT molecular complexity index is 1430. The average Bonchev–Trinajstić information content (AvgIpc) is 2.93. The van der Waals surface area contributed by atoms with Gasteiger partial charge in [-0.3, -0.25) is 13.9 Å². The normalized spacial score (nSPS) is 12.2. The lowest BCUT2D eigenvalue weighted by molar-refractivity contribution is -0.140. The van der Waals surface area contributed by atoms with Crippen LogP contribution in [0, 0.1) is 0 Å². The standard InChI is InChI=1S/C31H37Cl2N3O4S/c1-5-17-34-31(38)29(18-23-9-7-6-8-10-23)35(20-25-11-14-26(32)19-28(25)33)30(37)21-36(41(4,39)40)27-15-12-24(13-16-27)22(2)3/h6-16,19,22,29H,5,17-18,20-21H2,1-4H3,(H,34,38)/t29-/m0/s1. The van der Waals surface area contributed by atoms with Crippen LogP contribution in [0.15, 0.2) is 72.8 Å². The molecule has 2 amide bonds. The molecule has 1 atom stereocenters. The number of nitrogens with one attached hydrogen (secondary N) is 1. The van der Waals surface area contributed by atoms with Crippen LogP contribution in [0.5, 0.6) is 0 Å². The van der Waals surface area contributed by atoms with Gasteiger partial charge in [-0.15, -0.1) is 0 Å². The Balaban J connectivity index is 2.06. The van der Waals surface area contributed by atoms with Crippen molar-refractivity contribution in [3.63, 3.8) is 0 Å². The molecule has 10 heteroatoms. The third kappa shape index (κ3) is 9.21. The second-order valence-corrected chi connectivity index (χ2v) is 13.0. The van der Waals surface area contributed by atoms with E-state index in [-0.39, 0.29) is 24.8 Å². The van der Waals surface area contributed by atoms with Crippen molar-refractivity contribution in [3.8, 4) is 0 Å². The van der Waals surface area contributed by atoms with Crippen LogP contribution >= 0.6 is 23.2 Å². The number of rotatable bonds is 13. The van der Waals surface area contributed by atoms with Crippen molar-refractivity contribution in [2.24, 2.45) is 0 Å². The van der Waals surface area contributed by atoms with Gasteiger partial charge in [0.05, 0.1) is 11.9 Å². The van der Waals surface area contributed by atoms with E-state index in [0.717, 1.165) is 28.1 Å². The first-order valence-corrected chi connectivity index (χ1v) is 16.1. The second kappa shape index (κ2) is 14.7. The van der Waals surface area contributed by atoms with E-state index >= 15 is 0 Å². The molecule has 7 nitrogen and oxygen atoms in total. The van der Waals surface area contributed by atoms with Crippen molar-refractivity contribution in [1.29, 1.82) is 0 Å². The Labute approximate surface area is 253 Å². The van der Waals surface area contributed by atoms with E-state index in [0.29, 0.717) is 27.8 Å². The van der Waals surface area contributed by atoms with Gasteiger partial charge in [-0.2, -0.15) is 0 Å². The molecule has 41 heavy (non-hydrogen) atoms. The van der Waals surface area contributed by atoms with Gasteiger partial charge in [0.15, 0.2) is 0 Å². The summed E-state index contributed by atoms with van der Waals surface area (Å²) >= 11 is 12.6.